The number of furan rings is 1. The van der Waals surface area contributed by atoms with Gasteiger partial charge < -0.3 is 19.9 Å². The third kappa shape index (κ3) is 5.51. The first kappa shape index (κ1) is 13.7. The van der Waals surface area contributed by atoms with Crippen LogP contribution in [0.1, 0.15) is 42.0 Å². The van der Waals surface area contributed by atoms with Crippen LogP contribution in [0.5, 0.6) is 0 Å². The number of aliphatic hydroxyl groups is 1. The smallest absolute Gasteiger partial charge is 0.371 e. The van der Waals surface area contributed by atoms with Gasteiger partial charge in [0.25, 0.3) is 0 Å². The van der Waals surface area contributed by atoms with Crippen LogP contribution < -0.4 is 5.32 Å². The largest absolute Gasteiger partial charge is 0.475 e. The van der Waals surface area contributed by atoms with Gasteiger partial charge in [0.05, 0.1) is 6.54 Å². The molecule has 0 radical (unpaired) electrons. The lowest BCUT2D eigenvalue weighted by Crippen LogP contribution is -2.14. The Morgan fingerprint density at radius 1 is 1.24 bits per heavy atom. The lowest BCUT2D eigenvalue weighted by molar-refractivity contribution is 0.0660. The molecule has 0 unspecified atom stereocenters. The van der Waals surface area contributed by atoms with Crippen LogP contribution in [-0.2, 0) is 6.54 Å². The van der Waals surface area contributed by atoms with Crippen LogP contribution >= 0.6 is 0 Å². The number of rotatable bonds is 9. The summed E-state index contributed by atoms with van der Waals surface area (Å²) >= 11 is 0. The Morgan fingerprint density at radius 3 is 2.65 bits per heavy atom. The summed E-state index contributed by atoms with van der Waals surface area (Å²) < 4.78 is 5.10. The number of carboxylic acids is 1. The van der Waals surface area contributed by atoms with Crippen LogP contribution in [0.2, 0.25) is 0 Å². The Kier molecular flexibility index (Phi) is 6.35. The number of carboxylic acid groups (broad SMARTS) is 1. The number of aromatic carboxylic acids is 1. The third-order valence-electron chi connectivity index (χ3n) is 2.43. The summed E-state index contributed by atoms with van der Waals surface area (Å²) in [4.78, 5) is 10.6. The van der Waals surface area contributed by atoms with Gasteiger partial charge in [-0.3, -0.25) is 0 Å². The molecule has 1 aromatic rings. The predicted octanol–water partition coefficient (Wildman–Crippen LogP) is 1.62. The Bertz CT molecular complexity index is 335. The van der Waals surface area contributed by atoms with Crippen LogP contribution in [0.25, 0.3) is 0 Å². The van der Waals surface area contributed by atoms with Gasteiger partial charge in [0, 0.05) is 6.61 Å². The van der Waals surface area contributed by atoms with Gasteiger partial charge in [-0.25, -0.2) is 4.79 Å². The summed E-state index contributed by atoms with van der Waals surface area (Å²) in [5, 5.41) is 20.4. The summed E-state index contributed by atoms with van der Waals surface area (Å²) in [6.07, 6.45) is 4.04. The highest BCUT2D eigenvalue weighted by molar-refractivity contribution is 5.84. The molecule has 0 fully saturated rings. The molecule has 0 aliphatic heterocycles. The van der Waals surface area contributed by atoms with Crippen molar-refractivity contribution in [3.63, 3.8) is 0 Å². The van der Waals surface area contributed by atoms with Crippen LogP contribution in [0.3, 0.4) is 0 Å². The standard InChI is InChI=1S/C12H19NO4/c14-8-4-2-1-3-7-13-9-10-5-6-11(17-10)12(15)16/h5-6,13-14H,1-4,7-9H2,(H,15,16). The lowest BCUT2D eigenvalue weighted by Gasteiger charge is -2.02. The molecule has 0 aromatic carbocycles. The minimum atomic E-state index is -1.04. The van der Waals surface area contributed by atoms with E-state index >= 15 is 0 Å². The first-order chi connectivity index (χ1) is 8.24. The van der Waals surface area contributed by atoms with E-state index in [1.165, 1.54) is 6.07 Å². The average molecular weight is 241 g/mol. The summed E-state index contributed by atoms with van der Waals surface area (Å²) in [6.45, 7) is 1.68. The van der Waals surface area contributed by atoms with Gasteiger partial charge in [0.15, 0.2) is 0 Å². The molecule has 1 heterocycles. The number of aliphatic hydroxyl groups excluding tert-OH is 1. The molecular weight excluding hydrogens is 222 g/mol. The van der Waals surface area contributed by atoms with Crippen molar-refractivity contribution in [3.05, 3.63) is 23.7 Å². The average Bonchev–Trinajstić information content (AvgIpc) is 2.77. The summed E-state index contributed by atoms with van der Waals surface area (Å²) in [5.41, 5.74) is 0. The Labute approximate surface area is 100 Å². The molecular formula is C12H19NO4. The normalized spacial score (nSPS) is 10.6. The molecule has 0 bridgehead atoms. The van der Waals surface area contributed by atoms with E-state index < -0.39 is 5.97 Å². The highest BCUT2D eigenvalue weighted by Crippen LogP contribution is 2.07. The first-order valence-corrected chi connectivity index (χ1v) is 5.87. The van der Waals surface area contributed by atoms with E-state index in [0.717, 1.165) is 32.2 Å². The third-order valence-corrected chi connectivity index (χ3v) is 2.43. The second kappa shape index (κ2) is 7.86. The highest BCUT2D eigenvalue weighted by Gasteiger charge is 2.07. The number of hydrogen-bond donors (Lipinski definition) is 3. The predicted molar refractivity (Wildman–Crippen MR) is 62.9 cm³/mol. The van der Waals surface area contributed by atoms with Gasteiger partial charge in [-0.2, -0.15) is 0 Å². The zero-order chi connectivity index (χ0) is 12.5. The van der Waals surface area contributed by atoms with Crippen molar-refractivity contribution in [2.75, 3.05) is 13.2 Å². The molecule has 1 aromatic heterocycles. The fourth-order valence-electron chi connectivity index (χ4n) is 1.51. The molecule has 0 spiro atoms. The minimum Gasteiger partial charge on any atom is -0.475 e. The maximum atomic E-state index is 10.6. The number of unbranched alkanes of at least 4 members (excludes halogenated alkanes) is 3. The molecule has 0 amide bonds. The van der Waals surface area contributed by atoms with Crippen LogP contribution in [0.15, 0.2) is 16.5 Å². The molecule has 1 rings (SSSR count). The number of nitrogens with one attached hydrogen (secondary N) is 1. The topological polar surface area (TPSA) is 82.7 Å². The minimum absolute atomic E-state index is 0.0234. The zero-order valence-electron chi connectivity index (χ0n) is 9.82. The molecule has 0 saturated heterocycles. The van der Waals surface area contributed by atoms with E-state index in [-0.39, 0.29) is 12.4 Å². The van der Waals surface area contributed by atoms with Crippen molar-refractivity contribution in [1.29, 1.82) is 0 Å². The monoisotopic (exact) mass is 241 g/mol. The van der Waals surface area contributed by atoms with Crippen molar-refractivity contribution < 1.29 is 19.4 Å². The first-order valence-electron chi connectivity index (χ1n) is 5.87. The SMILES string of the molecule is O=C(O)c1ccc(CNCCCCCCO)o1. The van der Waals surface area contributed by atoms with Crippen LogP contribution in [0, 0.1) is 0 Å². The fourth-order valence-corrected chi connectivity index (χ4v) is 1.51. The highest BCUT2D eigenvalue weighted by atomic mass is 16.4. The van der Waals surface area contributed by atoms with Gasteiger partial charge in [-0.15, -0.1) is 0 Å². The summed E-state index contributed by atoms with van der Waals surface area (Å²) in [6, 6.07) is 3.13. The molecule has 3 N–H and O–H groups in total. The van der Waals surface area contributed by atoms with Crippen molar-refractivity contribution in [1.82, 2.24) is 5.32 Å². The Balaban J connectivity index is 2.07. The number of carbonyl (C=O) groups is 1. The maximum absolute atomic E-state index is 10.6. The van der Waals surface area contributed by atoms with E-state index in [0.29, 0.717) is 12.3 Å². The zero-order valence-corrected chi connectivity index (χ0v) is 9.82. The lowest BCUT2D eigenvalue weighted by atomic mass is 10.2. The fraction of sp³-hybridized carbons (Fsp3) is 0.583. The molecule has 96 valence electrons. The van der Waals surface area contributed by atoms with E-state index in [2.05, 4.69) is 5.32 Å². The van der Waals surface area contributed by atoms with Gasteiger partial charge in [0.2, 0.25) is 5.76 Å². The molecule has 0 saturated carbocycles. The second-order valence-electron chi connectivity index (χ2n) is 3.89. The van der Waals surface area contributed by atoms with Gasteiger partial charge >= 0.3 is 5.97 Å². The van der Waals surface area contributed by atoms with E-state index in [1.807, 2.05) is 0 Å². The quantitative estimate of drug-likeness (QED) is 0.572. The molecule has 0 aliphatic rings. The van der Waals surface area contributed by atoms with Gasteiger partial charge in [0.1, 0.15) is 5.76 Å². The van der Waals surface area contributed by atoms with Crippen molar-refractivity contribution in [3.8, 4) is 0 Å². The van der Waals surface area contributed by atoms with Crippen LogP contribution in [-0.4, -0.2) is 29.3 Å². The maximum Gasteiger partial charge on any atom is 0.371 e. The van der Waals surface area contributed by atoms with Gasteiger partial charge in [-0.05, 0) is 31.5 Å². The van der Waals surface area contributed by atoms with E-state index in [4.69, 9.17) is 14.6 Å². The summed E-state index contributed by atoms with van der Waals surface area (Å²) in [7, 11) is 0. The van der Waals surface area contributed by atoms with E-state index in [9.17, 15) is 4.79 Å². The Hall–Kier alpha value is -1.33. The number of hydrogen-bond acceptors (Lipinski definition) is 4. The van der Waals surface area contributed by atoms with Crippen molar-refractivity contribution in [2.45, 2.75) is 32.2 Å². The van der Waals surface area contributed by atoms with E-state index in [1.54, 1.807) is 6.07 Å². The second-order valence-corrected chi connectivity index (χ2v) is 3.89. The molecule has 5 nitrogen and oxygen atoms in total. The Morgan fingerprint density at radius 2 is 2.00 bits per heavy atom. The van der Waals surface area contributed by atoms with Crippen molar-refractivity contribution >= 4 is 5.97 Å². The van der Waals surface area contributed by atoms with Crippen molar-refractivity contribution in [2.24, 2.45) is 0 Å². The summed E-state index contributed by atoms with van der Waals surface area (Å²) in [5.74, 6) is -0.428. The molecule has 0 atom stereocenters. The molecule has 0 aliphatic carbocycles. The molecule has 17 heavy (non-hydrogen) atoms. The van der Waals surface area contributed by atoms with Gasteiger partial charge in [-0.1, -0.05) is 12.8 Å². The van der Waals surface area contributed by atoms with Crippen LogP contribution in [0.4, 0.5) is 0 Å². The molecule has 5 heteroatoms.